The second-order valence-corrected chi connectivity index (χ2v) is 6.96. The predicted molar refractivity (Wildman–Crippen MR) is 80.9 cm³/mol. The van der Waals surface area contributed by atoms with Gasteiger partial charge in [-0.1, -0.05) is 13.8 Å². The van der Waals surface area contributed by atoms with Gasteiger partial charge in [-0.2, -0.15) is 0 Å². The van der Waals surface area contributed by atoms with Crippen LogP contribution in [0.3, 0.4) is 0 Å². The van der Waals surface area contributed by atoms with Crippen molar-refractivity contribution in [1.82, 2.24) is 4.90 Å². The quantitative estimate of drug-likeness (QED) is 0.777. The van der Waals surface area contributed by atoms with Crippen LogP contribution in [0, 0.1) is 11.8 Å². The van der Waals surface area contributed by atoms with Gasteiger partial charge in [-0.05, 0) is 25.0 Å². The molecule has 1 fully saturated rings. The summed E-state index contributed by atoms with van der Waals surface area (Å²) in [6, 6.07) is 0. The maximum Gasteiger partial charge on any atom is 0.308 e. The summed E-state index contributed by atoms with van der Waals surface area (Å²) in [5, 5.41) is 8.72. The molecule has 0 saturated heterocycles. The first-order chi connectivity index (χ1) is 9.86. The summed E-state index contributed by atoms with van der Waals surface area (Å²) >= 11 is 1.43. The summed E-state index contributed by atoms with van der Waals surface area (Å²) in [5.74, 6) is -1.11. The largest absolute Gasteiger partial charge is 0.481 e. The smallest absolute Gasteiger partial charge is 0.308 e. The third kappa shape index (κ3) is 3.31. The maximum atomic E-state index is 12.5. The molecule has 0 aromatic heterocycles. The highest BCUT2D eigenvalue weighted by molar-refractivity contribution is 7.99. The van der Waals surface area contributed by atoms with E-state index in [-0.39, 0.29) is 40.9 Å². The average molecular weight is 311 g/mol. The number of aliphatic carboxylic acids is 1. The number of carboxylic acids is 1. The van der Waals surface area contributed by atoms with Crippen molar-refractivity contribution in [3.8, 4) is 0 Å². The van der Waals surface area contributed by atoms with Crippen LogP contribution >= 0.6 is 11.8 Å². The number of hydrogen-bond donors (Lipinski definition) is 1. The number of carboxylic acid groups (broad SMARTS) is 1. The fourth-order valence-electron chi connectivity index (χ4n) is 2.67. The summed E-state index contributed by atoms with van der Waals surface area (Å²) in [6.07, 6.45) is 3.19. The highest BCUT2D eigenvalue weighted by atomic mass is 32.2. The van der Waals surface area contributed by atoms with Crippen molar-refractivity contribution < 1.29 is 19.5 Å². The van der Waals surface area contributed by atoms with Crippen LogP contribution in [-0.4, -0.2) is 45.8 Å². The van der Waals surface area contributed by atoms with Gasteiger partial charge in [-0.3, -0.25) is 14.4 Å². The molecule has 0 aromatic carbocycles. The molecule has 1 atom stereocenters. The zero-order valence-corrected chi connectivity index (χ0v) is 13.4. The zero-order valence-electron chi connectivity index (χ0n) is 12.6. The summed E-state index contributed by atoms with van der Waals surface area (Å²) < 4.78 is 0. The second-order valence-electron chi connectivity index (χ2n) is 6.04. The van der Waals surface area contributed by atoms with Gasteiger partial charge in [0.2, 0.25) is 0 Å². The summed E-state index contributed by atoms with van der Waals surface area (Å²) in [5.41, 5.74) is 0.637. The van der Waals surface area contributed by atoms with E-state index < -0.39 is 5.97 Å². The molecule has 6 heteroatoms. The maximum absolute atomic E-state index is 12.5. The van der Waals surface area contributed by atoms with Crippen LogP contribution < -0.4 is 0 Å². The number of thioether (sulfide) groups is 1. The van der Waals surface area contributed by atoms with Crippen LogP contribution in [0.25, 0.3) is 0 Å². The van der Waals surface area contributed by atoms with Crippen LogP contribution in [0.15, 0.2) is 11.1 Å². The third-order valence-corrected chi connectivity index (χ3v) is 4.64. The Hall–Kier alpha value is -1.30. The lowest BCUT2D eigenvalue weighted by atomic mass is 10.0. The van der Waals surface area contributed by atoms with E-state index in [0.717, 1.165) is 12.8 Å². The van der Waals surface area contributed by atoms with E-state index in [2.05, 4.69) is 0 Å². The van der Waals surface area contributed by atoms with E-state index >= 15 is 0 Å². The van der Waals surface area contributed by atoms with Gasteiger partial charge in [-0.25, -0.2) is 0 Å². The molecule has 5 nitrogen and oxygen atoms in total. The van der Waals surface area contributed by atoms with Gasteiger partial charge in [0.25, 0.3) is 5.91 Å². The lowest BCUT2D eigenvalue weighted by Crippen LogP contribution is -2.37. The molecule has 1 N–H and O–H groups in total. The highest BCUT2D eigenvalue weighted by Crippen LogP contribution is 2.41. The first-order valence-electron chi connectivity index (χ1n) is 7.19. The van der Waals surface area contributed by atoms with Crippen molar-refractivity contribution >= 4 is 29.4 Å². The van der Waals surface area contributed by atoms with E-state index in [1.807, 2.05) is 20.1 Å². The third-order valence-electron chi connectivity index (χ3n) is 3.70. The standard InChI is InChI=1S/C15H21NO4S/c1-8(2)7-16-14(20)10(6-11(17)18)12(15(16)21-3)13(19)9-4-5-9/h8-9,15H,4-7H2,1-3H3,(H,17,18)/t15-/m0/s1. The lowest BCUT2D eigenvalue weighted by molar-refractivity contribution is -0.137. The lowest BCUT2D eigenvalue weighted by Gasteiger charge is -2.27. The molecule has 0 bridgehead atoms. The molecule has 1 heterocycles. The fraction of sp³-hybridized carbons (Fsp3) is 0.667. The highest BCUT2D eigenvalue weighted by Gasteiger charge is 2.45. The molecular weight excluding hydrogens is 290 g/mol. The summed E-state index contributed by atoms with van der Waals surface area (Å²) in [4.78, 5) is 37.8. The molecule has 1 amide bonds. The van der Waals surface area contributed by atoms with Crippen molar-refractivity contribution in [3.63, 3.8) is 0 Å². The van der Waals surface area contributed by atoms with E-state index in [1.165, 1.54) is 11.8 Å². The van der Waals surface area contributed by atoms with E-state index in [4.69, 9.17) is 5.11 Å². The molecule has 2 rings (SSSR count). The number of ketones is 1. The van der Waals surface area contributed by atoms with Gasteiger partial charge >= 0.3 is 5.97 Å². The number of nitrogens with zero attached hydrogens (tertiary/aromatic N) is 1. The minimum Gasteiger partial charge on any atom is -0.481 e. The molecule has 0 radical (unpaired) electrons. The number of rotatable bonds is 7. The normalized spacial score (nSPS) is 22.4. The number of Topliss-reactive ketones (excluding diaryl/α,β-unsaturated/α-hetero) is 1. The molecular formula is C15H21NO4S. The van der Waals surface area contributed by atoms with E-state index in [1.54, 1.807) is 4.90 Å². The Morgan fingerprint density at radius 3 is 2.43 bits per heavy atom. The van der Waals surface area contributed by atoms with Crippen LogP contribution in [0.2, 0.25) is 0 Å². The number of hydrogen-bond acceptors (Lipinski definition) is 4. The molecule has 1 aliphatic carbocycles. The van der Waals surface area contributed by atoms with Gasteiger partial charge in [0.1, 0.15) is 5.37 Å². The van der Waals surface area contributed by atoms with E-state index in [9.17, 15) is 14.4 Å². The molecule has 0 aromatic rings. The van der Waals surface area contributed by atoms with Gasteiger partial charge in [0.15, 0.2) is 5.78 Å². The van der Waals surface area contributed by atoms with Gasteiger partial charge < -0.3 is 10.0 Å². The molecule has 2 aliphatic rings. The summed E-state index contributed by atoms with van der Waals surface area (Å²) in [7, 11) is 0. The second kappa shape index (κ2) is 6.22. The monoisotopic (exact) mass is 311 g/mol. The Morgan fingerprint density at radius 2 is 2.00 bits per heavy atom. The first-order valence-corrected chi connectivity index (χ1v) is 8.48. The Bertz CT molecular complexity index is 508. The van der Waals surface area contributed by atoms with Crippen LogP contribution in [0.5, 0.6) is 0 Å². The number of amides is 1. The Morgan fingerprint density at radius 1 is 1.38 bits per heavy atom. The molecule has 116 valence electrons. The van der Waals surface area contributed by atoms with Crippen molar-refractivity contribution in [3.05, 3.63) is 11.1 Å². The Labute approximate surface area is 128 Å². The van der Waals surface area contributed by atoms with Gasteiger partial charge in [-0.15, -0.1) is 11.8 Å². The Kier molecular flexibility index (Phi) is 4.76. The SMILES string of the molecule is CS[C@H]1C(C(=O)C2CC2)=C(CC(=O)O)C(=O)N1CC(C)C. The van der Waals surface area contributed by atoms with Crippen molar-refractivity contribution in [2.24, 2.45) is 11.8 Å². The van der Waals surface area contributed by atoms with Gasteiger partial charge in [0.05, 0.1) is 6.42 Å². The van der Waals surface area contributed by atoms with E-state index in [0.29, 0.717) is 12.1 Å². The van der Waals surface area contributed by atoms with Crippen LogP contribution in [0.4, 0.5) is 0 Å². The topological polar surface area (TPSA) is 74.7 Å². The van der Waals surface area contributed by atoms with Crippen molar-refractivity contribution in [2.75, 3.05) is 12.8 Å². The zero-order chi connectivity index (χ0) is 15.7. The molecule has 21 heavy (non-hydrogen) atoms. The minimum absolute atomic E-state index is 0.00903. The van der Waals surface area contributed by atoms with Crippen LogP contribution in [0.1, 0.15) is 33.1 Å². The number of carbonyl (C=O) groups is 3. The first kappa shape index (κ1) is 16.1. The molecule has 1 aliphatic heterocycles. The van der Waals surface area contributed by atoms with Crippen molar-refractivity contribution in [2.45, 2.75) is 38.5 Å². The fourth-order valence-corrected chi connectivity index (χ4v) is 3.61. The van der Waals surface area contributed by atoms with Gasteiger partial charge in [0, 0.05) is 23.6 Å². The molecule has 0 spiro atoms. The number of carbonyl (C=O) groups excluding carboxylic acids is 2. The minimum atomic E-state index is -1.06. The molecule has 1 saturated carbocycles. The predicted octanol–water partition coefficient (Wildman–Crippen LogP) is 1.92. The van der Waals surface area contributed by atoms with Crippen molar-refractivity contribution in [1.29, 1.82) is 0 Å². The van der Waals surface area contributed by atoms with Crippen LogP contribution in [-0.2, 0) is 14.4 Å². The Balaban J connectivity index is 2.38. The average Bonchev–Trinajstić information content (AvgIpc) is 3.19. The molecule has 0 unspecified atom stereocenters. The summed E-state index contributed by atoms with van der Waals surface area (Å²) in [6.45, 7) is 4.54.